The van der Waals surface area contributed by atoms with Gasteiger partial charge in [-0.2, -0.15) is 0 Å². The Balaban J connectivity index is 1.45. The monoisotopic (exact) mass is 381 g/mol. The normalized spacial score (nSPS) is 16.9. The number of aromatic nitrogens is 1. The molecule has 2 amide bonds. The summed E-state index contributed by atoms with van der Waals surface area (Å²) in [5.41, 5.74) is 0.818. The lowest BCUT2D eigenvalue weighted by molar-refractivity contribution is 0.106. The summed E-state index contributed by atoms with van der Waals surface area (Å²) in [4.78, 5) is 18.6. The number of carbonyl (C=O) groups excluding carboxylic acids is 1. The van der Waals surface area contributed by atoms with Gasteiger partial charge in [0.1, 0.15) is 16.9 Å². The zero-order valence-electron chi connectivity index (χ0n) is 14.8. The molecule has 4 rings (SSSR count). The van der Waals surface area contributed by atoms with Gasteiger partial charge >= 0.3 is 6.03 Å². The largest absolute Gasteiger partial charge is 0.487 e. The number of carbonyl (C=O) groups is 1. The van der Waals surface area contributed by atoms with Crippen molar-refractivity contribution in [1.29, 1.82) is 0 Å². The Morgan fingerprint density at radius 1 is 1.19 bits per heavy atom. The van der Waals surface area contributed by atoms with Crippen LogP contribution in [0, 0.1) is 0 Å². The molecule has 0 bridgehead atoms. The number of likely N-dealkylation sites (tertiary alicyclic amines) is 1. The predicted molar refractivity (Wildman–Crippen MR) is 107 cm³/mol. The summed E-state index contributed by atoms with van der Waals surface area (Å²) >= 11 is 6.12. The van der Waals surface area contributed by atoms with Crippen LogP contribution in [0.15, 0.2) is 60.9 Å². The van der Waals surface area contributed by atoms with E-state index in [4.69, 9.17) is 16.3 Å². The predicted octanol–water partition coefficient (Wildman–Crippen LogP) is 4.96. The summed E-state index contributed by atoms with van der Waals surface area (Å²) < 4.78 is 5.99. The number of urea groups is 1. The van der Waals surface area contributed by atoms with Crippen molar-refractivity contribution in [2.75, 3.05) is 18.4 Å². The Labute approximate surface area is 162 Å². The topological polar surface area (TPSA) is 54.5 Å². The summed E-state index contributed by atoms with van der Waals surface area (Å²) in [5, 5.41) is 5.66. The van der Waals surface area contributed by atoms with Crippen molar-refractivity contribution in [3.8, 4) is 5.75 Å². The summed E-state index contributed by atoms with van der Waals surface area (Å²) in [5.74, 6) is 0.605. The van der Waals surface area contributed by atoms with E-state index >= 15 is 0 Å². The molecular formula is C21H20ClN3O2. The Morgan fingerprint density at radius 2 is 2.04 bits per heavy atom. The van der Waals surface area contributed by atoms with E-state index in [1.54, 1.807) is 23.4 Å². The second-order valence-electron chi connectivity index (χ2n) is 6.59. The van der Waals surface area contributed by atoms with Crippen LogP contribution in [-0.2, 0) is 0 Å². The van der Waals surface area contributed by atoms with Crippen LogP contribution in [0.1, 0.15) is 12.8 Å². The van der Waals surface area contributed by atoms with E-state index in [0.717, 1.165) is 29.3 Å². The summed E-state index contributed by atoms with van der Waals surface area (Å²) in [6.07, 6.45) is 4.89. The molecule has 5 nitrogen and oxygen atoms in total. The first-order valence-corrected chi connectivity index (χ1v) is 9.38. The number of fused-ring (bicyclic) bond motifs is 1. The fraction of sp³-hybridized carbons (Fsp3) is 0.238. The standard InChI is InChI=1S/C21H20ClN3O2/c22-18-13-23-11-10-20(18)27-16-7-4-12-25(14-16)21(26)24-19-9-3-6-15-5-1-2-8-17(15)19/h1-3,5-6,8-11,13,16H,4,7,12,14H2,(H,24,26). The Kier molecular flexibility index (Phi) is 5.12. The lowest BCUT2D eigenvalue weighted by Crippen LogP contribution is -2.46. The highest BCUT2D eigenvalue weighted by Crippen LogP contribution is 2.27. The van der Waals surface area contributed by atoms with E-state index in [9.17, 15) is 4.79 Å². The highest BCUT2D eigenvalue weighted by atomic mass is 35.5. The van der Waals surface area contributed by atoms with Gasteiger partial charge in [0, 0.05) is 30.4 Å². The highest BCUT2D eigenvalue weighted by Gasteiger charge is 2.25. The van der Waals surface area contributed by atoms with Gasteiger partial charge in [0.15, 0.2) is 0 Å². The molecule has 3 aromatic rings. The molecule has 1 aromatic heterocycles. The molecule has 1 saturated heterocycles. The highest BCUT2D eigenvalue weighted by molar-refractivity contribution is 6.31. The first-order chi connectivity index (χ1) is 13.2. The van der Waals surface area contributed by atoms with Gasteiger partial charge in [-0.25, -0.2) is 4.79 Å². The van der Waals surface area contributed by atoms with Crippen molar-refractivity contribution in [2.45, 2.75) is 18.9 Å². The number of amides is 2. The molecule has 0 aliphatic carbocycles. The van der Waals surface area contributed by atoms with Crippen molar-refractivity contribution in [3.05, 3.63) is 65.9 Å². The van der Waals surface area contributed by atoms with Gasteiger partial charge in [0.2, 0.25) is 0 Å². The van der Waals surface area contributed by atoms with E-state index in [0.29, 0.717) is 23.9 Å². The molecule has 1 N–H and O–H groups in total. The van der Waals surface area contributed by atoms with E-state index in [1.165, 1.54) is 0 Å². The zero-order valence-corrected chi connectivity index (χ0v) is 15.5. The van der Waals surface area contributed by atoms with E-state index in [1.807, 2.05) is 42.5 Å². The van der Waals surface area contributed by atoms with E-state index in [2.05, 4.69) is 10.3 Å². The molecule has 27 heavy (non-hydrogen) atoms. The van der Waals surface area contributed by atoms with Crippen LogP contribution in [0.4, 0.5) is 10.5 Å². The number of halogens is 1. The lowest BCUT2D eigenvalue weighted by atomic mass is 10.1. The van der Waals surface area contributed by atoms with Crippen LogP contribution < -0.4 is 10.1 Å². The molecular weight excluding hydrogens is 362 g/mol. The molecule has 0 saturated carbocycles. The van der Waals surface area contributed by atoms with Gasteiger partial charge in [0.25, 0.3) is 0 Å². The molecule has 1 fully saturated rings. The average Bonchev–Trinajstić information content (AvgIpc) is 2.70. The number of ether oxygens (including phenoxy) is 1. The molecule has 138 valence electrons. The molecule has 0 spiro atoms. The van der Waals surface area contributed by atoms with E-state index in [-0.39, 0.29) is 12.1 Å². The van der Waals surface area contributed by atoms with Crippen molar-refractivity contribution in [2.24, 2.45) is 0 Å². The Hall–Kier alpha value is -2.79. The second-order valence-corrected chi connectivity index (χ2v) is 7.00. The van der Waals surface area contributed by atoms with Gasteiger partial charge in [-0.05, 0) is 24.3 Å². The average molecular weight is 382 g/mol. The zero-order chi connectivity index (χ0) is 18.6. The minimum absolute atomic E-state index is 0.0862. The van der Waals surface area contributed by atoms with Crippen LogP contribution in [-0.4, -0.2) is 35.1 Å². The van der Waals surface area contributed by atoms with Crippen LogP contribution in [0.2, 0.25) is 5.02 Å². The summed E-state index contributed by atoms with van der Waals surface area (Å²) in [6.45, 7) is 1.23. The Bertz CT molecular complexity index is 958. The number of anilines is 1. The maximum Gasteiger partial charge on any atom is 0.321 e. The van der Waals surface area contributed by atoms with Gasteiger partial charge in [-0.3, -0.25) is 4.98 Å². The third kappa shape index (κ3) is 3.98. The molecule has 1 aliphatic rings. The summed E-state index contributed by atoms with van der Waals surface area (Å²) in [7, 11) is 0. The fourth-order valence-corrected chi connectivity index (χ4v) is 3.55. The number of benzene rings is 2. The number of nitrogens with one attached hydrogen (secondary N) is 1. The van der Waals surface area contributed by atoms with Crippen LogP contribution in [0.3, 0.4) is 0 Å². The number of piperidine rings is 1. The minimum Gasteiger partial charge on any atom is -0.487 e. The maximum atomic E-state index is 12.8. The number of hydrogen-bond acceptors (Lipinski definition) is 3. The Morgan fingerprint density at radius 3 is 2.93 bits per heavy atom. The first-order valence-electron chi connectivity index (χ1n) is 9.00. The molecule has 2 aromatic carbocycles. The van der Waals surface area contributed by atoms with Crippen LogP contribution in [0.25, 0.3) is 10.8 Å². The number of hydrogen-bond donors (Lipinski definition) is 1. The van der Waals surface area contributed by atoms with Gasteiger partial charge in [0.05, 0.1) is 12.2 Å². The number of nitrogens with zero attached hydrogens (tertiary/aromatic N) is 2. The lowest BCUT2D eigenvalue weighted by Gasteiger charge is -2.33. The molecule has 1 aliphatic heterocycles. The fourth-order valence-electron chi connectivity index (χ4n) is 3.39. The minimum atomic E-state index is -0.111. The molecule has 2 heterocycles. The molecule has 1 atom stereocenters. The van der Waals surface area contributed by atoms with Gasteiger partial charge in [-0.15, -0.1) is 0 Å². The third-order valence-electron chi connectivity index (χ3n) is 4.73. The van der Waals surface area contributed by atoms with Crippen molar-refractivity contribution in [1.82, 2.24) is 9.88 Å². The third-order valence-corrected chi connectivity index (χ3v) is 5.01. The second kappa shape index (κ2) is 7.84. The van der Waals surface area contributed by atoms with Crippen LogP contribution in [0.5, 0.6) is 5.75 Å². The molecule has 0 radical (unpaired) electrons. The first kappa shape index (κ1) is 17.6. The van der Waals surface area contributed by atoms with Crippen molar-refractivity contribution >= 4 is 34.1 Å². The van der Waals surface area contributed by atoms with Crippen molar-refractivity contribution < 1.29 is 9.53 Å². The van der Waals surface area contributed by atoms with E-state index < -0.39 is 0 Å². The van der Waals surface area contributed by atoms with Gasteiger partial charge < -0.3 is 15.0 Å². The number of pyridine rings is 1. The molecule has 6 heteroatoms. The van der Waals surface area contributed by atoms with Crippen LogP contribution >= 0.6 is 11.6 Å². The summed E-state index contributed by atoms with van der Waals surface area (Å²) in [6, 6.07) is 15.6. The maximum absolute atomic E-state index is 12.8. The smallest absolute Gasteiger partial charge is 0.321 e. The van der Waals surface area contributed by atoms with Gasteiger partial charge in [-0.1, -0.05) is 48.0 Å². The molecule has 1 unspecified atom stereocenters. The van der Waals surface area contributed by atoms with Crippen molar-refractivity contribution in [3.63, 3.8) is 0 Å². The number of rotatable bonds is 3. The quantitative estimate of drug-likeness (QED) is 0.697. The SMILES string of the molecule is O=C(Nc1cccc2ccccc12)N1CCCC(Oc2ccncc2Cl)C1.